The molecular weight excluding hydrogens is 261 g/mol. The molecule has 1 aromatic heterocycles. The molecule has 1 aliphatic heterocycles. The lowest BCUT2D eigenvalue weighted by Gasteiger charge is -2.32. The van der Waals surface area contributed by atoms with Gasteiger partial charge in [0.05, 0.1) is 16.0 Å². The monoisotopic (exact) mass is 283 g/mol. The van der Waals surface area contributed by atoms with E-state index in [-0.39, 0.29) is 23.9 Å². The lowest BCUT2D eigenvalue weighted by Crippen LogP contribution is -2.41. The van der Waals surface area contributed by atoms with Crippen LogP contribution in [0.4, 0.5) is 0 Å². The topological polar surface area (TPSA) is 40.6 Å². The first-order valence-electron chi connectivity index (χ1n) is 6.51. The predicted molar refractivity (Wildman–Crippen MR) is 78.2 cm³/mol. The van der Waals surface area contributed by atoms with Crippen molar-refractivity contribution in [1.29, 1.82) is 0 Å². The van der Waals surface area contributed by atoms with Crippen molar-refractivity contribution in [3.05, 3.63) is 6.20 Å². The highest BCUT2D eigenvalue weighted by Gasteiger charge is 2.52. The zero-order valence-corrected chi connectivity index (χ0v) is 13.6. The third kappa shape index (κ3) is 3.12. The Kier molecular flexibility index (Phi) is 3.48. The Labute approximate surface area is 119 Å². The van der Waals surface area contributed by atoms with Crippen LogP contribution in [0.15, 0.2) is 6.20 Å². The maximum Gasteiger partial charge on any atom is 0.507 e. The summed E-state index contributed by atoms with van der Waals surface area (Å²) in [7, 11) is -0.361. The molecule has 0 spiro atoms. The predicted octanol–water partition coefficient (Wildman–Crippen LogP) is 2.62. The molecule has 0 saturated carbocycles. The maximum atomic E-state index is 5.99. The second-order valence-electron chi connectivity index (χ2n) is 6.83. The molecule has 0 N–H and O–H groups in total. The van der Waals surface area contributed by atoms with Crippen molar-refractivity contribution in [3.63, 3.8) is 0 Å². The molecule has 1 fully saturated rings. The van der Waals surface area contributed by atoms with Crippen molar-refractivity contribution >= 4 is 23.2 Å². The van der Waals surface area contributed by atoms with Gasteiger partial charge in [-0.3, -0.25) is 0 Å². The number of hydrogen-bond acceptors (Lipinski definition) is 5. The van der Waals surface area contributed by atoms with E-state index >= 15 is 0 Å². The molecule has 2 rings (SSSR count). The van der Waals surface area contributed by atoms with E-state index in [1.807, 2.05) is 48.5 Å². The van der Waals surface area contributed by atoms with E-state index in [1.165, 1.54) is 11.3 Å². The van der Waals surface area contributed by atoms with Crippen LogP contribution < -0.4 is 9.51 Å². The van der Waals surface area contributed by atoms with Gasteiger partial charge >= 0.3 is 7.12 Å². The van der Waals surface area contributed by atoms with Gasteiger partial charge in [0.2, 0.25) is 0 Å². The number of thiazole rings is 1. The first-order valence-corrected chi connectivity index (χ1v) is 7.32. The Bertz CT molecular complexity index is 449. The van der Waals surface area contributed by atoms with Gasteiger partial charge in [-0.2, -0.15) is 0 Å². The van der Waals surface area contributed by atoms with Crippen LogP contribution in [0, 0.1) is 0 Å². The zero-order chi connectivity index (χ0) is 14.5. The first kappa shape index (κ1) is 14.8. The van der Waals surface area contributed by atoms with E-state index in [9.17, 15) is 0 Å². The summed E-state index contributed by atoms with van der Waals surface area (Å²) >= 11 is 1.48. The van der Waals surface area contributed by atoms with E-state index < -0.39 is 0 Å². The third-order valence-electron chi connectivity index (χ3n) is 3.38. The summed E-state index contributed by atoms with van der Waals surface area (Å²) in [6, 6.07) is 0. The molecule has 6 heteroatoms. The molecule has 0 unspecified atom stereocenters. The van der Waals surface area contributed by atoms with Crippen molar-refractivity contribution in [1.82, 2.24) is 4.98 Å². The van der Waals surface area contributed by atoms with E-state index in [0.717, 1.165) is 4.78 Å². The summed E-state index contributed by atoms with van der Waals surface area (Å²) in [6.45, 7) is 14.2. The van der Waals surface area contributed by atoms with Gasteiger partial charge in [-0.1, -0.05) is 11.3 Å². The van der Waals surface area contributed by atoms with Crippen LogP contribution in [0.1, 0.15) is 48.5 Å². The van der Waals surface area contributed by atoms with Crippen LogP contribution in [0.2, 0.25) is 0 Å². The number of ether oxygens (including phenoxy) is 1. The largest absolute Gasteiger partial charge is 0.507 e. The van der Waals surface area contributed by atoms with Gasteiger partial charge in [0.25, 0.3) is 5.19 Å². The summed E-state index contributed by atoms with van der Waals surface area (Å²) < 4.78 is 18.7. The highest BCUT2D eigenvalue weighted by atomic mass is 32.1. The molecule has 0 aromatic carbocycles. The molecule has 1 aliphatic rings. The van der Waals surface area contributed by atoms with E-state index in [0.29, 0.717) is 5.19 Å². The smallest absolute Gasteiger partial charge is 0.464 e. The third-order valence-corrected chi connectivity index (χ3v) is 4.28. The average molecular weight is 283 g/mol. The lowest BCUT2D eigenvalue weighted by molar-refractivity contribution is 0.00578. The highest BCUT2D eigenvalue weighted by Crippen LogP contribution is 2.37. The number of hydrogen-bond donors (Lipinski definition) is 0. The Morgan fingerprint density at radius 1 is 1.16 bits per heavy atom. The second-order valence-corrected chi connectivity index (χ2v) is 7.86. The normalized spacial score (nSPS) is 21.7. The summed E-state index contributed by atoms with van der Waals surface area (Å²) in [5, 5.41) is 0.650. The highest BCUT2D eigenvalue weighted by molar-refractivity contribution is 7.23. The molecule has 0 bridgehead atoms. The minimum atomic E-state index is -0.361. The molecule has 106 valence electrons. The van der Waals surface area contributed by atoms with Gasteiger partial charge < -0.3 is 14.0 Å². The lowest BCUT2D eigenvalue weighted by atomic mass is 9.89. The molecule has 0 atom stereocenters. The Morgan fingerprint density at radius 2 is 1.68 bits per heavy atom. The quantitative estimate of drug-likeness (QED) is 0.782. The zero-order valence-electron chi connectivity index (χ0n) is 12.7. The molecule has 1 saturated heterocycles. The maximum absolute atomic E-state index is 5.99. The van der Waals surface area contributed by atoms with Crippen molar-refractivity contribution < 1.29 is 14.0 Å². The van der Waals surface area contributed by atoms with Crippen molar-refractivity contribution in [2.24, 2.45) is 0 Å². The summed E-state index contributed by atoms with van der Waals surface area (Å²) in [5.74, 6) is 0. The molecule has 1 aromatic rings. The van der Waals surface area contributed by atoms with Crippen molar-refractivity contribution in [2.75, 3.05) is 0 Å². The van der Waals surface area contributed by atoms with E-state index in [2.05, 4.69) is 4.98 Å². The van der Waals surface area contributed by atoms with Crippen LogP contribution in [0.3, 0.4) is 0 Å². The first-order chi connectivity index (χ1) is 8.50. The molecular formula is C13H22BNO3S. The molecule has 4 nitrogen and oxygen atoms in total. The fourth-order valence-electron chi connectivity index (χ4n) is 1.65. The Morgan fingerprint density at radius 3 is 2.16 bits per heavy atom. The van der Waals surface area contributed by atoms with Gasteiger partial charge in [-0.05, 0) is 48.5 Å². The Balaban J connectivity index is 2.13. The van der Waals surface area contributed by atoms with Gasteiger partial charge in [0.1, 0.15) is 5.60 Å². The SMILES string of the molecule is CC(C)(C)Oc1ncc(B2OC(C)(C)C(C)(C)O2)s1. The van der Waals surface area contributed by atoms with Gasteiger partial charge in [0, 0.05) is 6.20 Å². The van der Waals surface area contributed by atoms with Crippen molar-refractivity contribution in [3.8, 4) is 5.19 Å². The fraction of sp³-hybridized carbons (Fsp3) is 0.769. The Hall–Kier alpha value is -0.585. The van der Waals surface area contributed by atoms with Crippen LogP contribution in [0.5, 0.6) is 5.19 Å². The fourth-order valence-corrected chi connectivity index (χ4v) is 2.54. The summed E-state index contributed by atoms with van der Waals surface area (Å²) in [4.78, 5) is 4.28. The minimum absolute atomic E-state index is 0.245. The second kappa shape index (κ2) is 4.47. The number of aromatic nitrogens is 1. The standard InChI is InChI=1S/C13H22BNO3S/c1-11(2,3)16-10-15-8-9(19-10)14-17-12(4,5)13(6,7)18-14/h8H,1-7H3. The van der Waals surface area contributed by atoms with Crippen LogP contribution in [0.25, 0.3) is 0 Å². The minimum Gasteiger partial charge on any atom is -0.464 e. The van der Waals surface area contributed by atoms with Crippen molar-refractivity contribution in [2.45, 2.75) is 65.3 Å². The van der Waals surface area contributed by atoms with Gasteiger partial charge in [-0.15, -0.1) is 0 Å². The number of rotatable bonds is 2. The molecule has 2 heterocycles. The van der Waals surface area contributed by atoms with E-state index in [4.69, 9.17) is 14.0 Å². The van der Waals surface area contributed by atoms with Gasteiger partial charge in [-0.25, -0.2) is 4.98 Å². The molecule has 0 aliphatic carbocycles. The van der Waals surface area contributed by atoms with Crippen LogP contribution in [-0.4, -0.2) is 28.9 Å². The molecule has 0 radical (unpaired) electrons. The van der Waals surface area contributed by atoms with Gasteiger partial charge in [0.15, 0.2) is 0 Å². The number of nitrogens with zero attached hydrogens (tertiary/aromatic N) is 1. The summed E-state index contributed by atoms with van der Waals surface area (Å²) in [5.41, 5.74) is -0.898. The van der Waals surface area contributed by atoms with Crippen LogP contribution in [-0.2, 0) is 9.31 Å². The molecule has 19 heavy (non-hydrogen) atoms. The van der Waals surface area contributed by atoms with Crippen LogP contribution >= 0.6 is 11.3 Å². The average Bonchev–Trinajstić information content (AvgIpc) is 2.68. The molecule has 0 amide bonds. The van der Waals surface area contributed by atoms with E-state index in [1.54, 1.807) is 6.20 Å². The summed E-state index contributed by atoms with van der Waals surface area (Å²) in [6.07, 6.45) is 1.77.